The Kier molecular flexibility index (Phi) is 5.03. The summed E-state index contributed by atoms with van der Waals surface area (Å²) in [6.45, 7) is 1.83. The van der Waals surface area contributed by atoms with Crippen molar-refractivity contribution in [1.82, 2.24) is 9.97 Å². The number of rotatable bonds is 6. The van der Waals surface area contributed by atoms with Gasteiger partial charge < -0.3 is 20.9 Å². The summed E-state index contributed by atoms with van der Waals surface area (Å²) in [4.78, 5) is 28.9. The molecule has 0 radical (unpaired) electrons. The van der Waals surface area contributed by atoms with Gasteiger partial charge in [0.15, 0.2) is 6.29 Å². The molecule has 2 aromatic heterocycles. The third-order valence-corrected chi connectivity index (χ3v) is 3.21. The predicted octanol–water partition coefficient (Wildman–Crippen LogP) is 1.50. The molecule has 118 valence electrons. The second kappa shape index (κ2) is 7.17. The molecule has 0 aliphatic rings. The van der Waals surface area contributed by atoms with Crippen LogP contribution in [0.2, 0.25) is 0 Å². The van der Waals surface area contributed by atoms with E-state index in [4.69, 9.17) is 15.9 Å². The van der Waals surface area contributed by atoms with Gasteiger partial charge in [0.25, 0.3) is 0 Å². The van der Waals surface area contributed by atoms with E-state index in [-0.39, 0.29) is 23.5 Å². The molecule has 0 aliphatic carbocycles. The molecule has 0 unspecified atom stereocenters. The zero-order valence-corrected chi connectivity index (χ0v) is 12.5. The largest absolute Gasteiger partial charge is 0.487 e. The molecular weight excluding hydrogens is 296 g/mol. The lowest BCUT2D eigenvalue weighted by Gasteiger charge is -2.12. The molecule has 0 fully saturated rings. The maximum Gasteiger partial charge on any atom is 0.248 e. The molecule has 2 rings (SSSR count). The number of aromatic amines is 1. The maximum absolute atomic E-state index is 11.2. The number of hydrogen-bond donors (Lipinski definition) is 3. The van der Waals surface area contributed by atoms with Crippen LogP contribution in [0.1, 0.15) is 28.5 Å². The van der Waals surface area contributed by atoms with Gasteiger partial charge in [-0.15, -0.1) is 0 Å². The first-order chi connectivity index (χ1) is 11.1. The number of allylic oxidation sites excluding steroid dienone is 1. The molecule has 2 heterocycles. The van der Waals surface area contributed by atoms with Crippen LogP contribution in [0.4, 0.5) is 0 Å². The molecule has 2 aromatic rings. The highest BCUT2D eigenvalue weighted by molar-refractivity contribution is 5.87. The van der Waals surface area contributed by atoms with Gasteiger partial charge in [0, 0.05) is 30.2 Å². The first-order valence-corrected chi connectivity index (χ1v) is 6.78. The maximum atomic E-state index is 11.2. The summed E-state index contributed by atoms with van der Waals surface area (Å²) in [6, 6.07) is 4.70. The highest BCUT2D eigenvalue weighted by Crippen LogP contribution is 2.19. The number of H-pyrrole nitrogens is 1. The van der Waals surface area contributed by atoms with Crippen LogP contribution >= 0.6 is 0 Å². The molecule has 23 heavy (non-hydrogen) atoms. The Bertz CT molecular complexity index is 824. The summed E-state index contributed by atoms with van der Waals surface area (Å²) in [7, 11) is 0. The smallest absolute Gasteiger partial charge is 0.248 e. The van der Waals surface area contributed by atoms with Crippen molar-refractivity contribution >= 4 is 18.2 Å². The predicted molar refractivity (Wildman–Crippen MR) is 86.6 cm³/mol. The molecule has 0 bridgehead atoms. The Morgan fingerprint density at radius 1 is 1.52 bits per heavy atom. The van der Waals surface area contributed by atoms with Crippen molar-refractivity contribution in [2.75, 3.05) is 0 Å². The minimum Gasteiger partial charge on any atom is -0.487 e. The van der Waals surface area contributed by atoms with Crippen molar-refractivity contribution in [1.29, 1.82) is 5.41 Å². The van der Waals surface area contributed by atoms with E-state index in [9.17, 15) is 9.59 Å². The van der Waals surface area contributed by atoms with E-state index in [2.05, 4.69) is 9.97 Å². The zero-order valence-electron chi connectivity index (χ0n) is 12.5. The molecule has 7 nitrogen and oxygen atoms in total. The number of ether oxygens (including phenoxy) is 1. The monoisotopic (exact) mass is 312 g/mol. The van der Waals surface area contributed by atoms with Crippen molar-refractivity contribution in [2.45, 2.75) is 13.5 Å². The first kappa shape index (κ1) is 16.2. The lowest BCUT2D eigenvalue weighted by molar-refractivity contribution is 0.111. The van der Waals surface area contributed by atoms with Gasteiger partial charge in [0.2, 0.25) is 5.56 Å². The second-order valence-electron chi connectivity index (χ2n) is 4.78. The molecule has 0 saturated heterocycles. The van der Waals surface area contributed by atoms with Crippen LogP contribution in [0.3, 0.4) is 0 Å². The Morgan fingerprint density at radius 3 is 3.00 bits per heavy atom. The van der Waals surface area contributed by atoms with Crippen LogP contribution in [0.25, 0.3) is 5.70 Å². The number of aromatic nitrogens is 2. The van der Waals surface area contributed by atoms with Crippen LogP contribution in [-0.4, -0.2) is 22.5 Å². The number of carbonyl (C=O) groups is 1. The minimum absolute atomic E-state index is 0.113. The topological polar surface area (TPSA) is 122 Å². The van der Waals surface area contributed by atoms with E-state index in [1.807, 2.05) is 0 Å². The number of nitrogens with zero attached hydrogens (tertiary/aromatic N) is 1. The van der Waals surface area contributed by atoms with Gasteiger partial charge in [-0.3, -0.25) is 14.6 Å². The first-order valence-electron chi connectivity index (χ1n) is 6.78. The fourth-order valence-electron chi connectivity index (χ4n) is 1.91. The van der Waals surface area contributed by atoms with Crippen molar-refractivity contribution in [3.63, 3.8) is 0 Å². The zero-order chi connectivity index (χ0) is 16.8. The Labute approximate surface area is 132 Å². The summed E-state index contributed by atoms with van der Waals surface area (Å²) >= 11 is 0. The number of pyridine rings is 2. The summed E-state index contributed by atoms with van der Waals surface area (Å²) in [5.74, 6) is 0.265. The highest BCUT2D eigenvalue weighted by atomic mass is 16.5. The second-order valence-corrected chi connectivity index (χ2v) is 4.78. The number of hydrogen-bond acceptors (Lipinski definition) is 6. The molecule has 0 spiro atoms. The lowest BCUT2D eigenvalue weighted by atomic mass is 10.1. The molecule has 0 saturated carbocycles. The third-order valence-electron chi connectivity index (χ3n) is 3.21. The van der Waals surface area contributed by atoms with Gasteiger partial charge in [-0.1, -0.05) is 6.07 Å². The quantitative estimate of drug-likeness (QED) is 0.551. The Balaban J connectivity index is 2.31. The molecule has 0 aromatic carbocycles. The van der Waals surface area contributed by atoms with E-state index in [0.717, 1.165) is 6.21 Å². The minimum atomic E-state index is -0.379. The molecular formula is C16H16N4O3. The number of nitrogens with two attached hydrogens (primary N) is 1. The summed E-state index contributed by atoms with van der Waals surface area (Å²) in [5.41, 5.74) is 7.98. The standard InChI is InChI=1S/C16H16N4O3/c1-10(6-17)15(18)16-11(3-2-4-19-16)9-23-13-7-20-14(22)5-12(13)8-21/h2-8,17H,9,18H2,1H3,(H,20,22)/b15-10-,17-6?. The highest BCUT2D eigenvalue weighted by Gasteiger charge is 2.10. The van der Waals surface area contributed by atoms with Crippen LogP contribution in [0.15, 0.2) is 41.0 Å². The average molecular weight is 312 g/mol. The fraction of sp³-hybridized carbons (Fsp3) is 0.125. The van der Waals surface area contributed by atoms with E-state index < -0.39 is 0 Å². The average Bonchev–Trinajstić information content (AvgIpc) is 2.59. The van der Waals surface area contributed by atoms with Gasteiger partial charge in [-0.2, -0.15) is 0 Å². The van der Waals surface area contributed by atoms with E-state index in [1.165, 1.54) is 12.3 Å². The summed E-state index contributed by atoms with van der Waals surface area (Å²) < 4.78 is 5.60. The number of carbonyl (C=O) groups excluding carboxylic acids is 1. The third kappa shape index (κ3) is 3.70. The van der Waals surface area contributed by atoms with Crippen LogP contribution < -0.4 is 16.0 Å². The molecule has 0 amide bonds. The van der Waals surface area contributed by atoms with E-state index >= 15 is 0 Å². The number of nitrogens with one attached hydrogen (secondary N) is 2. The van der Waals surface area contributed by atoms with Gasteiger partial charge >= 0.3 is 0 Å². The van der Waals surface area contributed by atoms with Crippen LogP contribution in [0.5, 0.6) is 5.75 Å². The van der Waals surface area contributed by atoms with Crippen LogP contribution in [0, 0.1) is 5.41 Å². The molecule has 0 atom stereocenters. The lowest BCUT2D eigenvalue weighted by Crippen LogP contribution is -2.10. The normalized spacial score (nSPS) is 11.5. The Hall–Kier alpha value is -3.22. The van der Waals surface area contributed by atoms with Gasteiger partial charge in [0.05, 0.1) is 17.0 Å². The van der Waals surface area contributed by atoms with Gasteiger partial charge in [0.1, 0.15) is 12.4 Å². The van der Waals surface area contributed by atoms with Gasteiger partial charge in [-0.25, -0.2) is 0 Å². The number of aldehydes is 1. The van der Waals surface area contributed by atoms with Crippen molar-refractivity contribution in [2.24, 2.45) is 5.73 Å². The molecule has 4 N–H and O–H groups in total. The van der Waals surface area contributed by atoms with Crippen LogP contribution in [-0.2, 0) is 6.61 Å². The van der Waals surface area contributed by atoms with Gasteiger partial charge in [-0.05, 0) is 18.6 Å². The Morgan fingerprint density at radius 2 is 2.30 bits per heavy atom. The summed E-state index contributed by atoms with van der Waals surface area (Å²) in [5, 5.41) is 7.27. The van der Waals surface area contributed by atoms with E-state index in [0.29, 0.717) is 28.8 Å². The van der Waals surface area contributed by atoms with E-state index in [1.54, 1.807) is 25.3 Å². The summed E-state index contributed by atoms with van der Waals surface area (Å²) in [6.07, 6.45) is 4.65. The molecule has 7 heteroatoms. The van der Waals surface area contributed by atoms with Crippen molar-refractivity contribution in [3.05, 3.63) is 63.3 Å². The fourth-order valence-corrected chi connectivity index (χ4v) is 1.91. The van der Waals surface area contributed by atoms with Crippen molar-refractivity contribution in [3.8, 4) is 5.75 Å². The SMILES string of the molecule is C/C(C=N)=C(/N)c1ncccc1COc1c[nH]c(=O)cc1C=O. The van der Waals surface area contributed by atoms with Crippen molar-refractivity contribution < 1.29 is 9.53 Å². The molecule has 0 aliphatic heterocycles.